The van der Waals surface area contributed by atoms with Crippen LogP contribution in [-0.2, 0) is 12.7 Å². The van der Waals surface area contributed by atoms with Crippen molar-refractivity contribution in [2.45, 2.75) is 25.6 Å². The van der Waals surface area contributed by atoms with E-state index >= 15 is 0 Å². The normalized spacial score (nSPS) is 14.3. The van der Waals surface area contributed by atoms with Crippen molar-refractivity contribution in [1.29, 1.82) is 0 Å². The Morgan fingerprint density at radius 1 is 1.22 bits per heavy atom. The lowest BCUT2D eigenvalue weighted by molar-refractivity contribution is -0.141. The summed E-state index contributed by atoms with van der Waals surface area (Å²) in [7, 11) is 1.43. The third-order valence-electron chi connectivity index (χ3n) is 3.94. The maximum Gasteiger partial charge on any atom is 0.433 e. The molecule has 0 radical (unpaired) electrons. The zero-order chi connectivity index (χ0) is 19.4. The molecular weight excluding hydrogens is 365 g/mol. The van der Waals surface area contributed by atoms with Gasteiger partial charge in [0, 0.05) is 19.3 Å². The number of hydrogen-bond acceptors (Lipinski definition) is 7. The van der Waals surface area contributed by atoms with E-state index in [0.29, 0.717) is 5.95 Å². The molecule has 1 saturated heterocycles. The molecule has 0 atom stereocenters. The molecule has 0 aliphatic carbocycles. The second-order valence-corrected chi connectivity index (χ2v) is 5.85. The van der Waals surface area contributed by atoms with E-state index in [2.05, 4.69) is 25.3 Å². The van der Waals surface area contributed by atoms with Crippen molar-refractivity contribution in [2.24, 2.45) is 0 Å². The third kappa shape index (κ3) is 4.60. The summed E-state index contributed by atoms with van der Waals surface area (Å²) in [5.74, 6) is 0.176. The van der Waals surface area contributed by atoms with Crippen molar-refractivity contribution in [3.8, 4) is 6.01 Å². The van der Waals surface area contributed by atoms with Crippen LogP contribution in [0.3, 0.4) is 0 Å². The van der Waals surface area contributed by atoms with E-state index in [1.54, 1.807) is 0 Å². The molecular formula is C16H17F3N6O2. The molecule has 2 aromatic heterocycles. The van der Waals surface area contributed by atoms with Gasteiger partial charge in [0.15, 0.2) is 5.82 Å². The van der Waals surface area contributed by atoms with Crippen LogP contribution < -0.4 is 15.0 Å². The highest BCUT2D eigenvalue weighted by Gasteiger charge is 2.32. The lowest BCUT2D eigenvalue weighted by Gasteiger charge is -2.16. The molecule has 1 aliphatic heterocycles. The number of alkyl halides is 3. The Labute approximate surface area is 152 Å². The summed E-state index contributed by atoms with van der Waals surface area (Å²) in [6.07, 6.45) is -1.59. The fraction of sp³-hybridized carbons (Fsp3) is 0.438. The summed E-state index contributed by atoms with van der Waals surface area (Å²) in [6.45, 7) is 1.63. The van der Waals surface area contributed by atoms with Crippen LogP contribution in [0.25, 0.3) is 0 Å². The van der Waals surface area contributed by atoms with E-state index in [9.17, 15) is 18.0 Å². The SMILES string of the molecule is COc1nc(CNC(=O)c2ccc(C(F)(F)F)nc2)nc(N2CCCC2)n1. The number of rotatable bonds is 5. The number of halogens is 3. The number of ether oxygens (including phenoxy) is 1. The van der Waals surface area contributed by atoms with E-state index < -0.39 is 17.8 Å². The van der Waals surface area contributed by atoms with Crippen LogP contribution in [0.2, 0.25) is 0 Å². The van der Waals surface area contributed by atoms with Gasteiger partial charge in [0.2, 0.25) is 5.95 Å². The lowest BCUT2D eigenvalue weighted by Crippen LogP contribution is -2.26. The molecule has 2 aromatic rings. The summed E-state index contributed by atoms with van der Waals surface area (Å²) in [4.78, 5) is 30.0. The fourth-order valence-electron chi connectivity index (χ4n) is 2.57. The van der Waals surface area contributed by atoms with Gasteiger partial charge in [-0.2, -0.15) is 28.1 Å². The first kappa shape index (κ1) is 18.8. The minimum atomic E-state index is -4.55. The number of carbonyl (C=O) groups excluding carboxylic acids is 1. The second kappa shape index (κ2) is 7.72. The molecule has 11 heteroatoms. The lowest BCUT2D eigenvalue weighted by atomic mass is 10.2. The number of carbonyl (C=O) groups is 1. The highest BCUT2D eigenvalue weighted by atomic mass is 19.4. The Morgan fingerprint density at radius 3 is 2.56 bits per heavy atom. The standard InChI is InChI=1S/C16H17F3N6O2/c1-27-15-23-12(22-14(24-15)25-6-2-3-7-25)9-21-13(26)10-4-5-11(20-8-10)16(17,18)19/h4-5,8H,2-3,6-7,9H2,1H3,(H,21,26). The molecule has 3 heterocycles. The van der Waals surface area contributed by atoms with Crippen molar-refractivity contribution in [2.75, 3.05) is 25.1 Å². The van der Waals surface area contributed by atoms with Gasteiger partial charge in [-0.1, -0.05) is 0 Å². The quantitative estimate of drug-likeness (QED) is 0.843. The summed E-state index contributed by atoms with van der Waals surface area (Å²) in [5, 5.41) is 2.56. The number of nitrogens with one attached hydrogen (secondary N) is 1. The Balaban J connectivity index is 1.68. The minimum absolute atomic E-state index is 0.00351. The van der Waals surface area contributed by atoms with Crippen LogP contribution in [0.1, 0.15) is 34.7 Å². The summed E-state index contributed by atoms with van der Waals surface area (Å²) in [5.41, 5.74) is -1.06. The molecule has 3 rings (SSSR count). The smallest absolute Gasteiger partial charge is 0.433 e. The van der Waals surface area contributed by atoms with E-state index in [0.717, 1.165) is 44.3 Å². The van der Waals surface area contributed by atoms with Gasteiger partial charge >= 0.3 is 12.2 Å². The Bertz CT molecular complexity index is 807. The molecule has 0 aromatic carbocycles. The third-order valence-corrected chi connectivity index (χ3v) is 3.94. The van der Waals surface area contributed by atoms with Gasteiger partial charge in [0.25, 0.3) is 5.91 Å². The van der Waals surface area contributed by atoms with Crippen LogP contribution in [0.5, 0.6) is 6.01 Å². The molecule has 1 aliphatic rings. The molecule has 27 heavy (non-hydrogen) atoms. The number of hydrogen-bond donors (Lipinski definition) is 1. The topological polar surface area (TPSA) is 93.1 Å². The first-order valence-corrected chi connectivity index (χ1v) is 8.22. The molecule has 8 nitrogen and oxygen atoms in total. The van der Waals surface area contributed by atoms with E-state index in [4.69, 9.17) is 4.74 Å². The molecule has 1 fully saturated rings. The monoisotopic (exact) mass is 382 g/mol. The van der Waals surface area contributed by atoms with E-state index in [1.807, 2.05) is 4.90 Å². The van der Waals surface area contributed by atoms with Crippen molar-refractivity contribution >= 4 is 11.9 Å². The Kier molecular flexibility index (Phi) is 5.38. The maximum absolute atomic E-state index is 12.5. The molecule has 0 saturated carbocycles. The van der Waals surface area contributed by atoms with Crippen molar-refractivity contribution in [3.05, 3.63) is 35.4 Å². The maximum atomic E-state index is 12.5. The van der Waals surface area contributed by atoms with Crippen molar-refractivity contribution < 1.29 is 22.7 Å². The summed E-state index contributed by atoms with van der Waals surface area (Å²) in [6, 6.07) is 1.95. The van der Waals surface area contributed by atoms with Crippen molar-refractivity contribution in [1.82, 2.24) is 25.3 Å². The van der Waals surface area contributed by atoms with Gasteiger partial charge in [-0.3, -0.25) is 9.78 Å². The zero-order valence-electron chi connectivity index (χ0n) is 14.5. The van der Waals surface area contributed by atoms with Crippen LogP contribution in [-0.4, -0.2) is 46.0 Å². The zero-order valence-corrected chi connectivity index (χ0v) is 14.5. The molecule has 1 amide bonds. The highest BCUT2D eigenvalue weighted by molar-refractivity contribution is 5.93. The van der Waals surface area contributed by atoms with Crippen LogP contribution in [0, 0.1) is 0 Å². The molecule has 1 N–H and O–H groups in total. The van der Waals surface area contributed by atoms with Gasteiger partial charge in [0.1, 0.15) is 5.69 Å². The van der Waals surface area contributed by atoms with E-state index in [1.165, 1.54) is 7.11 Å². The molecule has 144 valence electrons. The number of amides is 1. The van der Waals surface area contributed by atoms with Gasteiger partial charge in [0.05, 0.1) is 19.2 Å². The van der Waals surface area contributed by atoms with Crippen molar-refractivity contribution in [3.63, 3.8) is 0 Å². The first-order valence-electron chi connectivity index (χ1n) is 8.22. The Morgan fingerprint density at radius 2 is 1.96 bits per heavy atom. The highest BCUT2D eigenvalue weighted by Crippen LogP contribution is 2.27. The number of nitrogens with zero attached hydrogens (tertiary/aromatic N) is 5. The molecule has 0 unspecified atom stereocenters. The van der Waals surface area contributed by atoms with Gasteiger partial charge in [-0.25, -0.2) is 0 Å². The molecule has 0 spiro atoms. The minimum Gasteiger partial charge on any atom is -0.467 e. The van der Waals surface area contributed by atoms with Gasteiger partial charge < -0.3 is 15.0 Å². The number of pyridine rings is 1. The van der Waals surface area contributed by atoms with Gasteiger partial charge in [-0.15, -0.1) is 0 Å². The number of anilines is 1. The largest absolute Gasteiger partial charge is 0.467 e. The average molecular weight is 382 g/mol. The van der Waals surface area contributed by atoms with Crippen LogP contribution in [0.15, 0.2) is 18.3 Å². The fourth-order valence-corrected chi connectivity index (χ4v) is 2.57. The van der Waals surface area contributed by atoms with Crippen LogP contribution >= 0.6 is 0 Å². The van der Waals surface area contributed by atoms with Gasteiger partial charge in [-0.05, 0) is 25.0 Å². The molecule has 0 bridgehead atoms. The van der Waals surface area contributed by atoms with E-state index in [-0.39, 0.29) is 23.9 Å². The predicted octanol–water partition coefficient (Wildman–Crippen LogP) is 1.82. The number of methoxy groups -OCH3 is 1. The summed E-state index contributed by atoms with van der Waals surface area (Å²) < 4.78 is 42.7. The first-order chi connectivity index (χ1) is 12.9. The average Bonchev–Trinajstić information content (AvgIpc) is 3.20. The van der Waals surface area contributed by atoms with Crippen LogP contribution in [0.4, 0.5) is 19.1 Å². The second-order valence-electron chi connectivity index (χ2n) is 5.85. The summed E-state index contributed by atoms with van der Waals surface area (Å²) >= 11 is 0. The number of aromatic nitrogens is 4. The Hall–Kier alpha value is -2.98. The predicted molar refractivity (Wildman–Crippen MR) is 88.2 cm³/mol.